The van der Waals surface area contributed by atoms with Crippen molar-refractivity contribution >= 4 is 21.6 Å². The standard InChI is InChI=1S/C16H21F3N2O3S/c1-25(23,24)21(12-15(22)20-10-6-2-3-7-11-20)14-9-5-4-8-13(14)16(17,18)19/h4-5,8-9H,2-3,6-7,10-12H2,1H3. The molecule has 0 aromatic heterocycles. The number of hydrogen-bond donors (Lipinski definition) is 0. The summed E-state index contributed by atoms with van der Waals surface area (Å²) in [5.41, 5.74) is -1.61. The molecule has 1 heterocycles. The van der Waals surface area contributed by atoms with Crippen LogP contribution >= 0.6 is 0 Å². The second kappa shape index (κ2) is 7.63. The van der Waals surface area contributed by atoms with Crippen molar-refractivity contribution in [2.24, 2.45) is 0 Å². The molecule has 1 fully saturated rings. The van der Waals surface area contributed by atoms with Gasteiger partial charge in [0.1, 0.15) is 6.54 Å². The van der Waals surface area contributed by atoms with Gasteiger partial charge in [0.2, 0.25) is 15.9 Å². The molecule has 25 heavy (non-hydrogen) atoms. The smallest absolute Gasteiger partial charge is 0.341 e. The lowest BCUT2D eigenvalue weighted by atomic mass is 10.1. The van der Waals surface area contributed by atoms with Crippen LogP contribution in [0.1, 0.15) is 31.2 Å². The average Bonchev–Trinajstić information content (AvgIpc) is 2.79. The summed E-state index contributed by atoms with van der Waals surface area (Å²) in [7, 11) is -4.06. The third-order valence-corrected chi connectivity index (χ3v) is 5.24. The van der Waals surface area contributed by atoms with Gasteiger partial charge in [0.15, 0.2) is 0 Å². The maximum absolute atomic E-state index is 13.2. The van der Waals surface area contributed by atoms with Crippen molar-refractivity contribution in [1.82, 2.24) is 4.90 Å². The van der Waals surface area contributed by atoms with Crippen LogP contribution in [0.3, 0.4) is 0 Å². The van der Waals surface area contributed by atoms with Gasteiger partial charge in [-0.3, -0.25) is 9.10 Å². The molecule has 1 aliphatic rings. The van der Waals surface area contributed by atoms with Crippen molar-refractivity contribution in [3.05, 3.63) is 29.8 Å². The summed E-state index contributed by atoms with van der Waals surface area (Å²) in [5.74, 6) is -0.482. The number of rotatable bonds is 4. The molecule has 1 aliphatic heterocycles. The van der Waals surface area contributed by atoms with Crippen molar-refractivity contribution in [2.45, 2.75) is 31.9 Å². The van der Waals surface area contributed by atoms with Gasteiger partial charge in [0, 0.05) is 13.1 Å². The first kappa shape index (κ1) is 19.6. The number of anilines is 1. The molecule has 1 aromatic rings. The first-order valence-corrected chi connectivity index (χ1v) is 9.87. The van der Waals surface area contributed by atoms with E-state index < -0.39 is 39.9 Å². The molecule has 2 rings (SSSR count). The van der Waals surface area contributed by atoms with Crippen molar-refractivity contribution in [3.8, 4) is 0 Å². The van der Waals surface area contributed by atoms with Crippen LogP contribution in [-0.2, 0) is 21.0 Å². The summed E-state index contributed by atoms with van der Waals surface area (Å²) < 4.78 is 64.4. The first-order valence-electron chi connectivity index (χ1n) is 8.02. The molecule has 1 aromatic carbocycles. The zero-order valence-corrected chi connectivity index (χ0v) is 14.7. The zero-order valence-electron chi connectivity index (χ0n) is 13.9. The van der Waals surface area contributed by atoms with E-state index in [-0.39, 0.29) is 0 Å². The molecule has 0 bridgehead atoms. The van der Waals surface area contributed by atoms with Crippen LogP contribution in [0.2, 0.25) is 0 Å². The Hall–Kier alpha value is -1.77. The Morgan fingerprint density at radius 1 is 1.12 bits per heavy atom. The summed E-state index contributed by atoms with van der Waals surface area (Å²) >= 11 is 0. The molecule has 140 valence electrons. The molecular weight excluding hydrogens is 357 g/mol. The van der Waals surface area contributed by atoms with Crippen LogP contribution in [0.25, 0.3) is 0 Å². The molecule has 0 unspecified atom stereocenters. The maximum Gasteiger partial charge on any atom is 0.418 e. The van der Waals surface area contributed by atoms with Crippen LogP contribution in [0.5, 0.6) is 0 Å². The number of sulfonamides is 1. The van der Waals surface area contributed by atoms with Crippen molar-refractivity contribution in [3.63, 3.8) is 0 Å². The van der Waals surface area contributed by atoms with Gasteiger partial charge < -0.3 is 4.90 Å². The summed E-state index contributed by atoms with van der Waals surface area (Å²) in [6.45, 7) is 0.362. The Kier molecular flexibility index (Phi) is 5.97. The van der Waals surface area contributed by atoms with E-state index in [0.717, 1.165) is 44.1 Å². The van der Waals surface area contributed by atoms with Gasteiger partial charge in [0.05, 0.1) is 17.5 Å². The molecule has 0 atom stereocenters. The molecule has 0 aliphatic carbocycles. The number of amides is 1. The SMILES string of the molecule is CS(=O)(=O)N(CC(=O)N1CCCCCC1)c1ccccc1C(F)(F)F. The van der Waals surface area contributed by atoms with Gasteiger partial charge in [-0.05, 0) is 25.0 Å². The van der Waals surface area contributed by atoms with E-state index in [0.29, 0.717) is 17.4 Å². The van der Waals surface area contributed by atoms with Gasteiger partial charge in [-0.25, -0.2) is 8.42 Å². The van der Waals surface area contributed by atoms with E-state index in [1.54, 1.807) is 0 Å². The van der Waals surface area contributed by atoms with Crippen LogP contribution in [0, 0.1) is 0 Å². The molecule has 5 nitrogen and oxygen atoms in total. The van der Waals surface area contributed by atoms with Crippen molar-refractivity contribution in [2.75, 3.05) is 30.2 Å². The largest absolute Gasteiger partial charge is 0.418 e. The van der Waals surface area contributed by atoms with E-state index in [4.69, 9.17) is 0 Å². The third-order valence-electron chi connectivity index (χ3n) is 4.12. The number of alkyl halides is 3. The maximum atomic E-state index is 13.2. The van der Waals surface area contributed by atoms with Gasteiger partial charge in [-0.15, -0.1) is 0 Å². The monoisotopic (exact) mass is 378 g/mol. The Morgan fingerprint density at radius 3 is 2.20 bits per heavy atom. The summed E-state index contributed by atoms with van der Waals surface area (Å²) in [5, 5.41) is 0. The van der Waals surface area contributed by atoms with Crippen LogP contribution in [-0.4, -0.2) is 45.1 Å². The second-order valence-corrected chi connectivity index (χ2v) is 7.99. The van der Waals surface area contributed by atoms with Gasteiger partial charge in [-0.2, -0.15) is 13.2 Å². The highest BCUT2D eigenvalue weighted by molar-refractivity contribution is 7.92. The second-order valence-electron chi connectivity index (χ2n) is 6.08. The minimum absolute atomic E-state index is 0.482. The first-order chi connectivity index (χ1) is 11.6. The highest BCUT2D eigenvalue weighted by Gasteiger charge is 2.37. The van der Waals surface area contributed by atoms with E-state index in [1.807, 2.05) is 0 Å². The van der Waals surface area contributed by atoms with Gasteiger partial charge in [0.25, 0.3) is 0 Å². The van der Waals surface area contributed by atoms with E-state index in [9.17, 15) is 26.4 Å². The number of hydrogen-bond acceptors (Lipinski definition) is 3. The molecule has 0 N–H and O–H groups in total. The predicted octanol–water partition coefficient (Wildman–Crippen LogP) is 2.87. The third kappa shape index (κ3) is 5.10. The van der Waals surface area contributed by atoms with Gasteiger partial charge >= 0.3 is 6.18 Å². The minimum Gasteiger partial charge on any atom is -0.341 e. The van der Waals surface area contributed by atoms with E-state index in [1.165, 1.54) is 17.0 Å². The summed E-state index contributed by atoms with van der Waals surface area (Å²) in [4.78, 5) is 14.0. The molecular formula is C16H21F3N2O3S. The molecule has 0 radical (unpaired) electrons. The van der Waals surface area contributed by atoms with E-state index in [2.05, 4.69) is 0 Å². The molecule has 1 saturated heterocycles. The molecule has 0 saturated carbocycles. The number of carbonyl (C=O) groups is 1. The topological polar surface area (TPSA) is 57.7 Å². The molecule has 0 spiro atoms. The number of benzene rings is 1. The number of para-hydroxylation sites is 1. The number of nitrogens with zero attached hydrogens (tertiary/aromatic N) is 2. The normalized spacial score (nSPS) is 16.4. The van der Waals surface area contributed by atoms with E-state index >= 15 is 0 Å². The lowest BCUT2D eigenvalue weighted by Gasteiger charge is -2.28. The zero-order chi connectivity index (χ0) is 18.7. The fourth-order valence-corrected chi connectivity index (χ4v) is 3.72. The molecule has 1 amide bonds. The fraction of sp³-hybridized carbons (Fsp3) is 0.562. The highest BCUT2D eigenvalue weighted by Crippen LogP contribution is 2.37. The molecule has 9 heteroatoms. The van der Waals surface area contributed by atoms with Gasteiger partial charge in [-0.1, -0.05) is 25.0 Å². The predicted molar refractivity (Wildman–Crippen MR) is 88.7 cm³/mol. The fourth-order valence-electron chi connectivity index (χ4n) is 2.85. The quantitative estimate of drug-likeness (QED) is 0.810. The lowest BCUT2D eigenvalue weighted by Crippen LogP contribution is -2.43. The number of halogens is 3. The Balaban J connectivity index is 2.34. The van der Waals surface area contributed by atoms with Crippen molar-refractivity contribution in [1.29, 1.82) is 0 Å². The van der Waals surface area contributed by atoms with Crippen LogP contribution in [0.4, 0.5) is 18.9 Å². The Morgan fingerprint density at radius 2 is 1.68 bits per heavy atom. The van der Waals surface area contributed by atoms with Crippen LogP contribution < -0.4 is 4.31 Å². The number of carbonyl (C=O) groups excluding carboxylic acids is 1. The van der Waals surface area contributed by atoms with Crippen LogP contribution in [0.15, 0.2) is 24.3 Å². The summed E-state index contributed by atoms with van der Waals surface area (Å²) in [6.07, 6.45) is -0.332. The lowest BCUT2D eigenvalue weighted by molar-refractivity contribution is -0.137. The number of likely N-dealkylation sites (tertiary alicyclic amines) is 1. The summed E-state index contributed by atoms with van der Waals surface area (Å²) in [6, 6.07) is 4.38. The Bertz CT molecular complexity index is 712. The average molecular weight is 378 g/mol. The Labute approximate surface area is 145 Å². The minimum atomic E-state index is -4.72. The highest BCUT2D eigenvalue weighted by atomic mass is 32.2. The van der Waals surface area contributed by atoms with Crippen molar-refractivity contribution < 1.29 is 26.4 Å².